The number of para-hydroxylation sites is 2. The molecule has 0 radical (unpaired) electrons. The van der Waals surface area contributed by atoms with Crippen LogP contribution in [-0.4, -0.2) is 23.6 Å². The third-order valence-electron chi connectivity index (χ3n) is 3.48. The first-order valence-electron chi connectivity index (χ1n) is 7.06. The van der Waals surface area contributed by atoms with Crippen LogP contribution in [0.4, 0.5) is 5.13 Å². The van der Waals surface area contributed by atoms with Crippen LogP contribution in [0.2, 0.25) is 10.0 Å². The van der Waals surface area contributed by atoms with E-state index < -0.39 is 6.10 Å². The predicted molar refractivity (Wildman–Crippen MR) is 94.6 cm³/mol. The number of hydrogen-bond donors (Lipinski definition) is 1. The van der Waals surface area contributed by atoms with Crippen molar-refractivity contribution in [3.63, 3.8) is 0 Å². The summed E-state index contributed by atoms with van der Waals surface area (Å²) in [6.07, 6.45) is -0.744. The number of carbonyl (C=O) groups is 1. The molecule has 1 aliphatic rings. The second kappa shape index (κ2) is 6.12. The molecule has 0 aliphatic carbocycles. The van der Waals surface area contributed by atoms with Crippen LogP contribution in [0.5, 0.6) is 11.5 Å². The van der Waals surface area contributed by atoms with Gasteiger partial charge in [-0.15, -0.1) is 0 Å². The van der Waals surface area contributed by atoms with Crippen molar-refractivity contribution < 1.29 is 14.3 Å². The lowest BCUT2D eigenvalue weighted by Gasteiger charge is -2.25. The SMILES string of the molecule is O=C(Nc1nc2c(Cl)c(Cl)ccc2s1)C1COc2ccccc2O1. The predicted octanol–water partition coefficient (Wildman–Crippen LogP) is 4.38. The quantitative estimate of drug-likeness (QED) is 0.716. The molecule has 5 nitrogen and oxygen atoms in total. The molecule has 2 aromatic carbocycles. The summed E-state index contributed by atoms with van der Waals surface area (Å²) >= 11 is 13.4. The number of ether oxygens (including phenoxy) is 2. The van der Waals surface area contributed by atoms with Crippen molar-refractivity contribution in [2.45, 2.75) is 6.10 Å². The topological polar surface area (TPSA) is 60.5 Å². The minimum atomic E-state index is -0.744. The Morgan fingerprint density at radius 1 is 1.21 bits per heavy atom. The zero-order valence-corrected chi connectivity index (χ0v) is 14.4. The average molecular weight is 381 g/mol. The number of hydrogen-bond acceptors (Lipinski definition) is 5. The molecule has 24 heavy (non-hydrogen) atoms. The number of nitrogens with zero attached hydrogens (tertiary/aromatic N) is 1. The second-order valence-electron chi connectivity index (χ2n) is 5.08. The molecule has 0 saturated heterocycles. The molecule has 3 aromatic rings. The van der Waals surface area contributed by atoms with E-state index in [9.17, 15) is 4.79 Å². The molecule has 8 heteroatoms. The van der Waals surface area contributed by atoms with Crippen molar-refractivity contribution in [1.29, 1.82) is 0 Å². The van der Waals surface area contributed by atoms with Crippen LogP contribution in [0, 0.1) is 0 Å². The van der Waals surface area contributed by atoms with Gasteiger partial charge in [-0.3, -0.25) is 10.1 Å². The number of nitrogens with one attached hydrogen (secondary N) is 1. The number of benzene rings is 2. The molecule has 122 valence electrons. The summed E-state index contributed by atoms with van der Waals surface area (Å²) < 4.78 is 12.1. The van der Waals surface area contributed by atoms with E-state index in [2.05, 4.69) is 10.3 Å². The summed E-state index contributed by atoms with van der Waals surface area (Å²) in [5, 5.41) is 3.97. The monoisotopic (exact) mass is 380 g/mol. The maximum Gasteiger partial charge on any atom is 0.270 e. The molecule has 2 heterocycles. The number of thiazole rings is 1. The van der Waals surface area contributed by atoms with E-state index in [0.717, 1.165) is 4.70 Å². The number of halogens is 2. The minimum Gasteiger partial charge on any atom is -0.485 e. The highest BCUT2D eigenvalue weighted by atomic mass is 35.5. The molecular weight excluding hydrogens is 371 g/mol. The number of amides is 1. The second-order valence-corrected chi connectivity index (χ2v) is 6.90. The van der Waals surface area contributed by atoms with Gasteiger partial charge >= 0.3 is 0 Å². The third-order valence-corrected chi connectivity index (χ3v) is 5.21. The van der Waals surface area contributed by atoms with Gasteiger partial charge < -0.3 is 9.47 Å². The number of rotatable bonds is 2. The van der Waals surface area contributed by atoms with E-state index in [1.807, 2.05) is 18.2 Å². The normalized spacial score (nSPS) is 16.2. The van der Waals surface area contributed by atoms with Gasteiger partial charge in [0, 0.05) is 0 Å². The van der Waals surface area contributed by atoms with Crippen molar-refractivity contribution in [3.8, 4) is 11.5 Å². The zero-order valence-electron chi connectivity index (χ0n) is 12.1. The summed E-state index contributed by atoms with van der Waals surface area (Å²) in [6, 6.07) is 10.7. The maximum absolute atomic E-state index is 12.4. The van der Waals surface area contributed by atoms with E-state index >= 15 is 0 Å². The average Bonchev–Trinajstić information content (AvgIpc) is 3.01. The number of aromatic nitrogens is 1. The summed E-state index contributed by atoms with van der Waals surface area (Å²) in [7, 11) is 0. The van der Waals surface area contributed by atoms with Gasteiger partial charge in [0.05, 0.1) is 14.7 Å². The summed E-state index contributed by atoms with van der Waals surface area (Å²) in [5.74, 6) is 0.844. The highest BCUT2D eigenvalue weighted by Crippen LogP contribution is 2.36. The molecule has 1 aliphatic heterocycles. The van der Waals surface area contributed by atoms with Crippen LogP contribution in [0.3, 0.4) is 0 Å². The van der Waals surface area contributed by atoms with Crippen molar-refractivity contribution >= 4 is 55.8 Å². The maximum atomic E-state index is 12.4. The molecule has 1 amide bonds. The van der Waals surface area contributed by atoms with Gasteiger partial charge in [-0.05, 0) is 24.3 Å². The molecular formula is C16H10Cl2N2O3S. The van der Waals surface area contributed by atoms with Crippen LogP contribution in [0.25, 0.3) is 10.2 Å². The molecule has 4 rings (SSSR count). The van der Waals surface area contributed by atoms with Gasteiger partial charge in [0.1, 0.15) is 12.1 Å². The van der Waals surface area contributed by atoms with Crippen LogP contribution >= 0.6 is 34.5 Å². The Labute approximate surface area is 151 Å². The fourth-order valence-electron chi connectivity index (χ4n) is 2.33. The number of fused-ring (bicyclic) bond motifs is 2. The van der Waals surface area contributed by atoms with E-state index in [4.69, 9.17) is 32.7 Å². The zero-order chi connectivity index (χ0) is 16.7. The molecule has 0 bridgehead atoms. The lowest BCUT2D eigenvalue weighted by atomic mass is 10.2. The molecule has 1 unspecified atom stereocenters. The first-order valence-corrected chi connectivity index (χ1v) is 8.63. The van der Waals surface area contributed by atoms with Crippen molar-refractivity contribution in [2.24, 2.45) is 0 Å². The highest BCUT2D eigenvalue weighted by molar-refractivity contribution is 7.22. The summed E-state index contributed by atoms with van der Waals surface area (Å²) in [6.45, 7) is 0.139. The van der Waals surface area contributed by atoms with Crippen molar-refractivity contribution in [3.05, 3.63) is 46.4 Å². The highest BCUT2D eigenvalue weighted by Gasteiger charge is 2.28. The van der Waals surface area contributed by atoms with E-state index in [1.165, 1.54) is 11.3 Å². The molecule has 1 atom stereocenters. The smallest absolute Gasteiger partial charge is 0.270 e. The molecule has 0 fully saturated rings. The van der Waals surface area contributed by atoms with Crippen LogP contribution in [-0.2, 0) is 4.79 Å². The number of carbonyl (C=O) groups excluding carboxylic acids is 1. The minimum absolute atomic E-state index is 0.139. The van der Waals surface area contributed by atoms with Gasteiger partial charge in [-0.1, -0.05) is 46.7 Å². The first kappa shape index (κ1) is 15.5. The largest absolute Gasteiger partial charge is 0.485 e. The van der Waals surface area contributed by atoms with Gasteiger partial charge in [0.2, 0.25) is 6.10 Å². The van der Waals surface area contributed by atoms with Gasteiger partial charge in [-0.25, -0.2) is 4.98 Å². The Bertz CT molecular complexity index is 944. The Morgan fingerprint density at radius 3 is 2.83 bits per heavy atom. The van der Waals surface area contributed by atoms with E-state index in [0.29, 0.717) is 32.2 Å². The summed E-state index contributed by atoms with van der Waals surface area (Å²) in [4.78, 5) is 16.7. The molecule has 0 spiro atoms. The summed E-state index contributed by atoms with van der Waals surface area (Å²) in [5.41, 5.74) is 0.565. The fraction of sp³-hybridized carbons (Fsp3) is 0.125. The van der Waals surface area contributed by atoms with Crippen LogP contribution in [0.15, 0.2) is 36.4 Å². The van der Waals surface area contributed by atoms with E-state index in [-0.39, 0.29) is 12.5 Å². The van der Waals surface area contributed by atoms with Crippen LogP contribution < -0.4 is 14.8 Å². The standard InChI is InChI=1S/C16H10Cl2N2O3S/c17-8-5-6-12-14(13(8)18)19-16(24-12)20-15(21)11-7-22-9-3-1-2-4-10(9)23-11/h1-6,11H,7H2,(H,19,20,21). The van der Waals surface area contributed by atoms with Crippen molar-refractivity contribution in [1.82, 2.24) is 4.98 Å². The van der Waals surface area contributed by atoms with Gasteiger partial charge in [0.15, 0.2) is 16.6 Å². The fourth-order valence-corrected chi connectivity index (χ4v) is 3.62. The van der Waals surface area contributed by atoms with Gasteiger partial charge in [-0.2, -0.15) is 0 Å². The lowest BCUT2D eigenvalue weighted by molar-refractivity contribution is -0.125. The Hall–Kier alpha value is -2.02. The lowest BCUT2D eigenvalue weighted by Crippen LogP contribution is -2.40. The number of anilines is 1. The van der Waals surface area contributed by atoms with Gasteiger partial charge in [0.25, 0.3) is 5.91 Å². The Morgan fingerprint density at radius 2 is 2.00 bits per heavy atom. The molecule has 1 N–H and O–H groups in total. The van der Waals surface area contributed by atoms with E-state index in [1.54, 1.807) is 18.2 Å². The first-order chi connectivity index (χ1) is 11.6. The van der Waals surface area contributed by atoms with Crippen LogP contribution in [0.1, 0.15) is 0 Å². The Balaban J connectivity index is 1.54. The molecule has 1 aromatic heterocycles. The Kier molecular flexibility index (Phi) is 3.96. The molecule has 0 saturated carbocycles. The third kappa shape index (κ3) is 2.77. The van der Waals surface area contributed by atoms with Crippen molar-refractivity contribution in [2.75, 3.05) is 11.9 Å².